The van der Waals surface area contributed by atoms with Gasteiger partial charge in [-0.05, 0) is 49.5 Å². The van der Waals surface area contributed by atoms with Crippen LogP contribution >= 0.6 is 11.3 Å². The van der Waals surface area contributed by atoms with E-state index in [0.717, 1.165) is 17.9 Å². The number of hydrogen-bond acceptors (Lipinski definition) is 5. The Hall–Kier alpha value is -2.42. The number of hydrazine groups is 1. The molecule has 3 N–H and O–H groups in total. The van der Waals surface area contributed by atoms with Crippen LogP contribution in [-0.2, 0) is 9.59 Å². The molecule has 5 amide bonds. The Balaban J connectivity index is 1.43. The van der Waals surface area contributed by atoms with E-state index in [9.17, 15) is 19.2 Å². The topological polar surface area (TPSA) is 108 Å². The van der Waals surface area contributed by atoms with Gasteiger partial charge in [-0.2, -0.15) is 5.01 Å². The molecule has 2 heterocycles. The van der Waals surface area contributed by atoms with Gasteiger partial charge in [-0.25, -0.2) is 4.79 Å². The highest BCUT2D eigenvalue weighted by Crippen LogP contribution is 2.35. The van der Waals surface area contributed by atoms with E-state index in [-0.39, 0.29) is 18.2 Å². The number of rotatable bonds is 6. The molecule has 1 aromatic heterocycles. The first-order chi connectivity index (χ1) is 12.9. The highest BCUT2D eigenvalue weighted by atomic mass is 32.1. The van der Waals surface area contributed by atoms with Crippen molar-refractivity contribution < 1.29 is 19.2 Å². The van der Waals surface area contributed by atoms with Gasteiger partial charge in [0.15, 0.2) is 0 Å². The molecule has 1 saturated carbocycles. The molecule has 2 aliphatic rings. The number of urea groups is 1. The fraction of sp³-hybridized carbons (Fsp3) is 0.556. The molecule has 0 unspecified atom stereocenters. The molecule has 0 radical (unpaired) electrons. The number of nitrogens with zero attached hydrogens (tertiary/aromatic N) is 1. The number of amides is 5. The summed E-state index contributed by atoms with van der Waals surface area (Å²) in [5.41, 5.74) is 1.53. The SMILES string of the molecule is CC1CCC2(CC1)NC(=O)N(NC(=O)CCCNC(=O)c1cccs1)C2=O. The average Bonchev–Trinajstić information content (AvgIpc) is 3.25. The Kier molecular flexibility index (Phi) is 5.79. The van der Waals surface area contributed by atoms with Gasteiger partial charge in [0.1, 0.15) is 5.54 Å². The van der Waals surface area contributed by atoms with E-state index in [1.807, 2.05) is 5.38 Å². The number of carbonyl (C=O) groups excluding carboxylic acids is 4. The lowest BCUT2D eigenvalue weighted by atomic mass is 9.77. The second kappa shape index (κ2) is 8.08. The quantitative estimate of drug-likeness (QED) is 0.507. The van der Waals surface area contributed by atoms with Gasteiger partial charge < -0.3 is 10.6 Å². The molecule has 1 aromatic rings. The third-order valence-corrected chi connectivity index (χ3v) is 6.01. The minimum absolute atomic E-state index is 0.103. The third-order valence-electron chi connectivity index (χ3n) is 5.14. The maximum atomic E-state index is 12.7. The zero-order valence-electron chi connectivity index (χ0n) is 15.2. The summed E-state index contributed by atoms with van der Waals surface area (Å²) < 4.78 is 0. The lowest BCUT2D eigenvalue weighted by molar-refractivity contribution is -0.140. The van der Waals surface area contributed by atoms with Crippen molar-refractivity contribution in [2.45, 2.75) is 51.0 Å². The molecule has 0 aromatic carbocycles. The van der Waals surface area contributed by atoms with Gasteiger partial charge in [-0.15, -0.1) is 11.3 Å². The fourth-order valence-corrected chi connectivity index (χ4v) is 4.08. The van der Waals surface area contributed by atoms with Crippen molar-refractivity contribution in [3.8, 4) is 0 Å². The van der Waals surface area contributed by atoms with E-state index in [4.69, 9.17) is 0 Å². The molecule has 1 aliphatic heterocycles. The average molecular weight is 392 g/mol. The lowest BCUT2D eigenvalue weighted by Crippen LogP contribution is -2.51. The van der Waals surface area contributed by atoms with Crippen LogP contribution in [0.2, 0.25) is 0 Å². The summed E-state index contributed by atoms with van der Waals surface area (Å²) >= 11 is 1.35. The van der Waals surface area contributed by atoms with Crippen molar-refractivity contribution in [2.75, 3.05) is 6.54 Å². The van der Waals surface area contributed by atoms with Crippen LogP contribution in [0.4, 0.5) is 4.79 Å². The Morgan fingerprint density at radius 3 is 2.74 bits per heavy atom. The Morgan fingerprint density at radius 2 is 2.07 bits per heavy atom. The van der Waals surface area contributed by atoms with Gasteiger partial charge in [0, 0.05) is 13.0 Å². The number of hydrogen-bond donors (Lipinski definition) is 3. The van der Waals surface area contributed by atoms with Crippen LogP contribution in [0.5, 0.6) is 0 Å². The van der Waals surface area contributed by atoms with Crippen LogP contribution in [0.1, 0.15) is 55.1 Å². The molecule has 1 spiro atoms. The molecule has 1 aliphatic carbocycles. The van der Waals surface area contributed by atoms with Crippen LogP contribution in [0, 0.1) is 5.92 Å². The summed E-state index contributed by atoms with van der Waals surface area (Å²) in [4.78, 5) is 49.3. The largest absolute Gasteiger partial charge is 0.351 e. The first-order valence-corrected chi connectivity index (χ1v) is 10.1. The normalized spacial score (nSPS) is 24.8. The summed E-state index contributed by atoms with van der Waals surface area (Å²) in [6, 6.07) is 2.95. The van der Waals surface area contributed by atoms with Crippen LogP contribution in [0.25, 0.3) is 0 Å². The van der Waals surface area contributed by atoms with Crippen LogP contribution in [0.15, 0.2) is 17.5 Å². The van der Waals surface area contributed by atoms with E-state index >= 15 is 0 Å². The number of imide groups is 1. The fourth-order valence-electron chi connectivity index (χ4n) is 3.44. The number of nitrogens with one attached hydrogen (secondary N) is 3. The summed E-state index contributed by atoms with van der Waals surface area (Å²) in [5, 5.41) is 8.12. The van der Waals surface area contributed by atoms with E-state index < -0.39 is 17.5 Å². The summed E-state index contributed by atoms with van der Waals surface area (Å²) in [7, 11) is 0. The van der Waals surface area contributed by atoms with Gasteiger partial charge in [0.05, 0.1) is 4.88 Å². The second-order valence-electron chi connectivity index (χ2n) is 7.21. The van der Waals surface area contributed by atoms with Gasteiger partial charge in [0.2, 0.25) is 5.91 Å². The summed E-state index contributed by atoms with van der Waals surface area (Å²) in [6.45, 7) is 2.47. The Labute approximate surface area is 161 Å². The van der Waals surface area contributed by atoms with Crippen LogP contribution in [0.3, 0.4) is 0 Å². The van der Waals surface area contributed by atoms with Gasteiger partial charge in [-0.3, -0.25) is 19.8 Å². The standard InChI is InChI=1S/C18H24N4O4S/c1-12-6-8-18(9-7-12)16(25)22(17(26)20-18)21-14(23)5-2-10-19-15(24)13-4-3-11-27-13/h3-4,11-12H,2,5-10H2,1H3,(H,19,24)(H,20,26)(H,21,23). The van der Waals surface area contributed by atoms with Crippen molar-refractivity contribution in [1.82, 2.24) is 21.1 Å². The monoisotopic (exact) mass is 392 g/mol. The van der Waals surface area contributed by atoms with Gasteiger partial charge in [0.25, 0.3) is 11.8 Å². The molecule has 27 heavy (non-hydrogen) atoms. The summed E-state index contributed by atoms with van der Waals surface area (Å²) in [6.07, 6.45) is 3.45. The van der Waals surface area contributed by atoms with Crippen LogP contribution in [-0.4, -0.2) is 40.8 Å². The molecule has 146 valence electrons. The smallest absolute Gasteiger partial charge is 0.344 e. The van der Waals surface area contributed by atoms with Crippen molar-refractivity contribution in [1.29, 1.82) is 0 Å². The zero-order valence-corrected chi connectivity index (χ0v) is 16.1. The first-order valence-electron chi connectivity index (χ1n) is 9.19. The van der Waals surface area contributed by atoms with Crippen molar-refractivity contribution in [3.63, 3.8) is 0 Å². The zero-order chi connectivity index (χ0) is 19.4. The maximum Gasteiger partial charge on any atom is 0.344 e. The summed E-state index contributed by atoms with van der Waals surface area (Å²) in [5.74, 6) is -0.440. The van der Waals surface area contributed by atoms with E-state index in [1.165, 1.54) is 11.3 Å². The molecule has 0 bridgehead atoms. The molecular weight excluding hydrogens is 368 g/mol. The molecule has 8 nitrogen and oxygen atoms in total. The molecule has 0 atom stereocenters. The van der Waals surface area contributed by atoms with Crippen molar-refractivity contribution >= 4 is 35.1 Å². The van der Waals surface area contributed by atoms with E-state index in [2.05, 4.69) is 23.0 Å². The molecule has 9 heteroatoms. The first kappa shape index (κ1) is 19.3. The predicted molar refractivity (Wildman–Crippen MR) is 99.8 cm³/mol. The third kappa shape index (κ3) is 4.29. The molecule has 3 rings (SSSR count). The van der Waals surface area contributed by atoms with Gasteiger partial charge >= 0.3 is 6.03 Å². The Morgan fingerprint density at radius 1 is 1.33 bits per heavy atom. The van der Waals surface area contributed by atoms with Crippen molar-refractivity contribution in [3.05, 3.63) is 22.4 Å². The minimum atomic E-state index is -0.869. The number of thiophene rings is 1. The van der Waals surface area contributed by atoms with Gasteiger partial charge in [-0.1, -0.05) is 13.0 Å². The number of carbonyl (C=O) groups is 4. The molecule has 1 saturated heterocycles. The maximum absolute atomic E-state index is 12.7. The second-order valence-corrected chi connectivity index (χ2v) is 8.15. The molecular formula is C18H24N4O4S. The lowest BCUT2D eigenvalue weighted by Gasteiger charge is -2.33. The molecule has 2 fully saturated rings. The van der Waals surface area contributed by atoms with Crippen molar-refractivity contribution in [2.24, 2.45) is 5.92 Å². The highest BCUT2D eigenvalue weighted by molar-refractivity contribution is 7.12. The van der Waals surface area contributed by atoms with E-state index in [0.29, 0.717) is 36.6 Å². The van der Waals surface area contributed by atoms with E-state index in [1.54, 1.807) is 12.1 Å². The Bertz CT molecular complexity index is 726. The highest BCUT2D eigenvalue weighted by Gasteiger charge is 2.52. The predicted octanol–water partition coefficient (Wildman–Crippen LogP) is 1.79. The van der Waals surface area contributed by atoms with Crippen LogP contribution < -0.4 is 16.1 Å². The minimum Gasteiger partial charge on any atom is -0.351 e.